The number of nitrogens with zero attached hydrogens (tertiary/aromatic N) is 5. The first kappa shape index (κ1) is 30.6. The molecule has 2 N–H and O–H groups in total. The lowest BCUT2D eigenvalue weighted by atomic mass is 10.1. The standard InChI is InChI=1S/C28H25F5N6O5/c1-14-12-37(2)26(41)23(35-14)17-4-3-15(39-6-5-34-24(17)39)11-20(27(42)43)36-25(40)22-18(29)9-16(10-19(22)30)38-7-8-44-13-21(38)28(31,32)33/h3-6,9-10,12,20-21H,7-8,11,13H2,1-2H3,(H,36,40)(H,42,43)/t20?,21-/m0/s1. The van der Waals surface area contributed by atoms with Crippen molar-refractivity contribution in [2.75, 3.05) is 24.7 Å². The number of carboxylic acids is 1. The van der Waals surface area contributed by atoms with Crippen LogP contribution in [0.2, 0.25) is 0 Å². The molecule has 1 aliphatic heterocycles. The third kappa shape index (κ3) is 5.84. The number of nitrogens with one attached hydrogen (secondary N) is 1. The van der Waals surface area contributed by atoms with Crippen molar-refractivity contribution < 1.29 is 41.4 Å². The Morgan fingerprint density at radius 3 is 2.57 bits per heavy atom. The van der Waals surface area contributed by atoms with Crippen LogP contribution in [0.4, 0.5) is 27.6 Å². The van der Waals surface area contributed by atoms with E-state index in [0.717, 1.165) is 4.90 Å². The predicted molar refractivity (Wildman–Crippen MR) is 145 cm³/mol. The Morgan fingerprint density at radius 2 is 1.91 bits per heavy atom. The number of aliphatic carboxylic acids is 1. The fourth-order valence-corrected chi connectivity index (χ4v) is 5.12. The van der Waals surface area contributed by atoms with Crippen LogP contribution < -0.4 is 15.8 Å². The lowest BCUT2D eigenvalue weighted by Gasteiger charge is -2.38. The van der Waals surface area contributed by atoms with Crippen molar-refractivity contribution in [2.45, 2.75) is 31.6 Å². The molecule has 1 aromatic carbocycles. The molecule has 0 aliphatic carbocycles. The number of benzene rings is 1. The van der Waals surface area contributed by atoms with E-state index in [1.165, 1.54) is 33.5 Å². The van der Waals surface area contributed by atoms with Crippen molar-refractivity contribution in [3.05, 3.63) is 81.8 Å². The molecule has 4 aromatic rings. The highest BCUT2D eigenvalue weighted by Crippen LogP contribution is 2.33. The van der Waals surface area contributed by atoms with E-state index in [2.05, 4.69) is 15.3 Å². The molecular weight excluding hydrogens is 595 g/mol. The maximum atomic E-state index is 15.0. The van der Waals surface area contributed by atoms with E-state index >= 15 is 8.78 Å². The Balaban J connectivity index is 1.41. The zero-order chi connectivity index (χ0) is 31.9. The predicted octanol–water partition coefficient (Wildman–Crippen LogP) is 2.87. The minimum Gasteiger partial charge on any atom is -0.480 e. The maximum Gasteiger partial charge on any atom is 0.411 e. The molecule has 1 amide bonds. The second-order valence-corrected chi connectivity index (χ2v) is 10.2. The van der Waals surface area contributed by atoms with E-state index in [4.69, 9.17) is 4.74 Å². The number of hydrogen-bond donors (Lipinski definition) is 2. The smallest absolute Gasteiger partial charge is 0.411 e. The summed E-state index contributed by atoms with van der Waals surface area (Å²) in [5.41, 5.74) is -0.327. The largest absolute Gasteiger partial charge is 0.480 e. The number of carbonyl (C=O) groups is 2. The molecule has 11 nitrogen and oxygen atoms in total. The third-order valence-electron chi connectivity index (χ3n) is 7.19. The van der Waals surface area contributed by atoms with Crippen LogP contribution in [-0.4, -0.2) is 73.9 Å². The second kappa shape index (κ2) is 11.7. The van der Waals surface area contributed by atoms with Gasteiger partial charge in [0.05, 0.1) is 18.9 Å². The van der Waals surface area contributed by atoms with Gasteiger partial charge < -0.3 is 29.0 Å². The summed E-state index contributed by atoms with van der Waals surface area (Å²) in [5, 5.41) is 11.9. The number of rotatable bonds is 7. The quantitative estimate of drug-likeness (QED) is 0.302. The molecule has 4 heterocycles. The fraction of sp³-hybridized carbons (Fsp3) is 0.321. The molecule has 2 atom stereocenters. The topological polar surface area (TPSA) is 131 Å². The first-order valence-electron chi connectivity index (χ1n) is 13.2. The van der Waals surface area contributed by atoms with Gasteiger partial charge in [-0.05, 0) is 31.2 Å². The van der Waals surface area contributed by atoms with Crippen LogP contribution in [-0.2, 0) is 23.0 Å². The summed E-state index contributed by atoms with van der Waals surface area (Å²) in [6.45, 7) is 0.563. The van der Waals surface area contributed by atoms with Crippen molar-refractivity contribution in [3.63, 3.8) is 0 Å². The summed E-state index contributed by atoms with van der Waals surface area (Å²) < 4.78 is 78.2. The number of morpholine rings is 1. The van der Waals surface area contributed by atoms with Gasteiger partial charge in [-0.25, -0.2) is 23.5 Å². The Labute approximate surface area is 245 Å². The number of pyridine rings is 1. The number of aryl methyl sites for hydroxylation is 2. The monoisotopic (exact) mass is 620 g/mol. The highest BCUT2D eigenvalue weighted by Gasteiger charge is 2.46. The lowest BCUT2D eigenvalue weighted by Crippen LogP contribution is -2.53. The molecule has 1 fully saturated rings. The molecule has 1 aliphatic rings. The van der Waals surface area contributed by atoms with Gasteiger partial charge in [-0.3, -0.25) is 9.59 Å². The second-order valence-electron chi connectivity index (χ2n) is 10.2. The number of carboxylic acid groups (broad SMARTS) is 1. The Bertz CT molecular complexity index is 1800. The molecule has 0 radical (unpaired) electrons. The summed E-state index contributed by atoms with van der Waals surface area (Å²) in [7, 11) is 1.57. The molecule has 1 saturated heterocycles. The van der Waals surface area contributed by atoms with Gasteiger partial charge in [0, 0.05) is 55.5 Å². The number of imidazole rings is 1. The maximum absolute atomic E-state index is 15.0. The van der Waals surface area contributed by atoms with Crippen molar-refractivity contribution in [2.24, 2.45) is 7.05 Å². The van der Waals surface area contributed by atoms with E-state index in [1.807, 2.05) is 0 Å². The van der Waals surface area contributed by atoms with Crippen LogP contribution in [0.3, 0.4) is 0 Å². The molecule has 1 unspecified atom stereocenters. The van der Waals surface area contributed by atoms with Gasteiger partial charge in [0.15, 0.2) is 0 Å². The molecule has 44 heavy (non-hydrogen) atoms. The molecule has 5 rings (SSSR count). The van der Waals surface area contributed by atoms with Crippen molar-refractivity contribution in [1.82, 2.24) is 24.3 Å². The van der Waals surface area contributed by atoms with Crippen LogP contribution >= 0.6 is 0 Å². The lowest BCUT2D eigenvalue weighted by molar-refractivity contribution is -0.167. The zero-order valence-electron chi connectivity index (χ0n) is 23.2. The van der Waals surface area contributed by atoms with Crippen LogP contribution in [0, 0.1) is 18.6 Å². The van der Waals surface area contributed by atoms with Gasteiger partial charge in [0.25, 0.3) is 11.5 Å². The van der Waals surface area contributed by atoms with Gasteiger partial charge in [0.1, 0.15) is 40.6 Å². The van der Waals surface area contributed by atoms with Crippen molar-refractivity contribution >= 4 is 23.2 Å². The third-order valence-corrected chi connectivity index (χ3v) is 7.19. The van der Waals surface area contributed by atoms with Gasteiger partial charge in [0.2, 0.25) is 0 Å². The molecule has 3 aromatic heterocycles. The molecule has 0 spiro atoms. The number of fused-ring (bicyclic) bond motifs is 1. The number of carbonyl (C=O) groups excluding carboxylic acids is 1. The highest BCUT2D eigenvalue weighted by molar-refractivity contribution is 5.97. The number of alkyl halides is 3. The summed E-state index contributed by atoms with van der Waals surface area (Å²) in [6.07, 6.45) is -0.628. The van der Waals surface area contributed by atoms with Crippen molar-refractivity contribution in [3.8, 4) is 11.3 Å². The number of ether oxygens (including phenoxy) is 1. The van der Waals surface area contributed by atoms with E-state index in [9.17, 15) is 32.7 Å². The molecule has 232 valence electrons. The fourth-order valence-electron chi connectivity index (χ4n) is 5.12. The van der Waals surface area contributed by atoms with E-state index in [0.29, 0.717) is 29.1 Å². The minimum atomic E-state index is -4.75. The number of halogens is 5. The van der Waals surface area contributed by atoms with Gasteiger partial charge >= 0.3 is 12.1 Å². The molecule has 16 heteroatoms. The average Bonchev–Trinajstić information content (AvgIpc) is 3.44. The van der Waals surface area contributed by atoms with Crippen LogP contribution in [0.15, 0.2) is 47.7 Å². The van der Waals surface area contributed by atoms with Crippen LogP contribution in [0.1, 0.15) is 21.7 Å². The Kier molecular flexibility index (Phi) is 8.11. The number of hydrogen-bond acceptors (Lipinski definition) is 7. The molecule has 0 saturated carbocycles. The normalized spacial score (nSPS) is 16.2. The van der Waals surface area contributed by atoms with Gasteiger partial charge in [-0.15, -0.1) is 0 Å². The van der Waals surface area contributed by atoms with E-state index in [-0.39, 0.29) is 36.5 Å². The van der Waals surface area contributed by atoms with Gasteiger partial charge in [-0.1, -0.05) is 0 Å². The summed E-state index contributed by atoms with van der Waals surface area (Å²) in [4.78, 5) is 47.1. The molecule has 0 bridgehead atoms. The minimum absolute atomic E-state index is 0.109. The number of anilines is 1. The zero-order valence-corrected chi connectivity index (χ0v) is 23.2. The summed E-state index contributed by atoms with van der Waals surface area (Å²) in [6, 6.07) is 0.382. The van der Waals surface area contributed by atoms with Gasteiger partial charge in [-0.2, -0.15) is 13.2 Å². The number of amides is 1. The average molecular weight is 621 g/mol. The Hall–Kier alpha value is -4.86. The van der Waals surface area contributed by atoms with Crippen molar-refractivity contribution in [1.29, 1.82) is 0 Å². The van der Waals surface area contributed by atoms with E-state index < -0.39 is 59.6 Å². The summed E-state index contributed by atoms with van der Waals surface area (Å²) in [5.74, 6) is -5.88. The number of aromatic nitrogens is 4. The SMILES string of the molecule is Cc1cn(C)c(=O)c(-c2ccc(CC(NC(=O)c3c(F)cc(N4CCOC[C@H]4C(F)(F)F)cc3F)C(=O)O)n3ccnc23)n1. The van der Waals surface area contributed by atoms with E-state index in [1.54, 1.807) is 20.2 Å². The first-order chi connectivity index (χ1) is 20.8. The summed E-state index contributed by atoms with van der Waals surface area (Å²) >= 11 is 0. The first-order valence-corrected chi connectivity index (χ1v) is 13.2. The highest BCUT2D eigenvalue weighted by atomic mass is 19.4. The van der Waals surface area contributed by atoms with Crippen LogP contribution in [0.25, 0.3) is 16.9 Å². The Morgan fingerprint density at radius 1 is 1.20 bits per heavy atom. The molecular formula is C28H25F5N6O5. The van der Waals surface area contributed by atoms with Crippen LogP contribution in [0.5, 0.6) is 0 Å².